The standard InChI is InChI=1S/C19H16ClFN2O3/c1-26-17-9-13-8-12(19(25)23-16(13)10-15(17)20)6-7-22-18(24)11-2-4-14(21)5-3-11/h2-5,8-10H,6-7H2,1H3,(H,22,24)(H,23,25). The Morgan fingerprint density at radius 3 is 2.65 bits per heavy atom. The lowest BCUT2D eigenvalue weighted by atomic mass is 10.1. The van der Waals surface area contributed by atoms with Gasteiger partial charge in [-0.05, 0) is 48.9 Å². The molecule has 5 nitrogen and oxygen atoms in total. The molecule has 0 atom stereocenters. The maximum absolute atomic E-state index is 12.9. The van der Waals surface area contributed by atoms with E-state index >= 15 is 0 Å². The van der Waals surface area contributed by atoms with Crippen LogP contribution >= 0.6 is 11.6 Å². The lowest BCUT2D eigenvalue weighted by Gasteiger charge is -2.08. The van der Waals surface area contributed by atoms with Gasteiger partial charge in [0.15, 0.2) is 0 Å². The van der Waals surface area contributed by atoms with Crippen molar-refractivity contribution < 1.29 is 13.9 Å². The smallest absolute Gasteiger partial charge is 0.251 e. The van der Waals surface area contributed by atoms with Crippen LogP contribution < -0.4 is 15.6 Å². The summed E-state index contributed by atoms with van der Waals surface area (Å²) in [6.45, 7) is 0.273. The van der Waals surface area contributed by atoms with Crippen molar-refractivity contribution in [3.05, 3.63) is 74.8 Å². The molecule has 0 aliphatic carbocycles. The average molecular weight is 375 g/mol. The van der Waals surface area contributed by atoms with Crippen molar-refractivity contribution >= 4 is 28.4 Å². The fourth-order valence-corrected chi connectivity index (χ4v) is 2.85. The zero-order valence-corrected chi connectivity index (χ0v) is 14.7. The summed E-state index contributed by atoms with van der Waals surface area (Å²) < 4.78 is 18.1. The molecule has 0 radical (unpaired) electrons. The molecule has 0 bridgehead atoms. The predicted octanol–water partition coefficient (Wildman–Crippen LogP) is 3.30. The predicted molar refractivity (Wildman–Crippen MR) is 98.6 cm³/mol. The summed E-state index contributed by atoms with van der Waals surface area (Å²) in [6, 6.07) is 10.4. The Balaban J connectivity index is 1.73. The molecule has 1 heterocycles. The van der Waals surface area contributed by atoms with Gasteiger partial charge in [0.2, 0.25) is 0 Å². The van der Waals surface area contributed by atoms with E-state index in [0.717, 1.165) is 5.39 Å². The van der Waals surface area contributed by atoms with E-state index in [1.807, 2.05) is 0 Å². The molecule has 3 aromatic rings. The SMILES string of the molecule is COc1cc2cc(CCNC(=O)c3ccc(F)cc3)c(=O)[nH]c2cc1Cl. The van der Waals surface area contributed by atoms with Gasteiger partial charge in [-0.2, -0.15) is 0 Å². The van der Waals surface area contributed by atoms with Crippen LogP contribution in [0.5, 0.6) is 5.75 Å². The van der Waals surface area contributed by atoms with Crippen LogP contribution in [-0.4, -0.2) is 24.5 Å². The molecule has 0 aliphatic rings. The summed E-state index contributed by atoms with van der Waals surface area (Å²) in [5.74, 6) is -0.211. The number of halogens is 2. The van der Waals surface area contributed by atoms with Crippen LogP contribution in [0.15, 0.2) is 47.3 Å². The van der Waals surface area contributed by atoms with Crippen molar-refractivity contribution in [1.82, 2.24) is 10.3 Å². The average Bonchev–Trinajstić information content (AvgIpc) is 2.62. The number of carbonyl (C=O) groups excluding carboxylic acids is 1. The monoisotopic (exact) mass is 374 g/mol. The van der Waals surface area contributed by atoms with Gasteiger partial charge in [-0.15, -0.1) is 0 Å². The van der Waals surface area contributed by atoms with Crippen LogP contribution in [0.4, 0.5) is 4.39 Å². The van der Waals surface area contributed by atoms with Gasteiger partial charge in [-0.3, -0.25) is 9.59 Å². The molecule has 2 N–H and O–H groups in total. The Labute approximate surface area is 153 Å². The normalized spacial score (nSPS) is 10.7. The Morgan fingerprint density at radius 2 is 1.96 bits per heavy atom. The number of hydrogen-bond donors (Lipinski definition) is 2. The number of pyridine rings is 1. The highest BCUT2D eigenvalue weighted by Crippen LogP contribution is 2.28. The van der Waals surface area contributed by atoms with Crippen molar-refractivity contribution in [3.8, 4) is 5.75 Å². The number of methoxy groups -OCH3 is 1. The van der Waals surface area contributed by atoms with Gasteiger partial charge < -0.3 is 15.0 Å². The van der Waals surface area contributed by atoms with E-state index in [1.54, 1.807) is 18.2 Å². The first kappa shape index (κ1) is 17.9. The minimum atomic E-state index is -0.403. The molecule has 0 saturated carbocycles. The maximum Gasteiger partial charge on any atom is 0.251 e. The summed E-state index contributed by atoms with van der Waals surface area (Å²) >= 11 is 6.06. The number of aromatic nitrogens is 1. The zero-order valence-electron chi connectivity index (χ0n) is 13.9. The summed E-state index contributed by atoms with van der Waals surface area (Å²) in [5.41, 5.74) is 1.26. The number of amides is 1. The van der Waals surface area contributed by atoms with Gasteiger partial charge in [0.25, 0.3) is 11.5 Å². The second-order valence-corrected chi connectivity index (χ2v) is 6.12. The van der Waals surface area contributed by atoms with Crippen LogP contribution in [0, 0.1) is 5.82 Å². The maximum atomic E-state index is 12.9. The molecule has 0 spiro atoms. The molecule has 7 heteroatoms. The number of hydrogen-bond acceptors (Lipinski definition) is 3. The fourth-order valence-electron chi connectivity index (χ4n) is 2.61. The molecule has 0 unspecified atom stereocenters. The molecule has 1 amide bonds. The van der Waals surface area contributed by atoms with E-state index in [9.17, 15) is 14.0 Å². The topological polar surface area (TPSA) is 71.2 Å². The lowest BCUT2D eigenvalue weighted by molar-refractivity contribution is 0.0954. The van der Waals surface area contributed by atoms with Crippen molar-refractivity contribution in [3.63, 3.8) is 0 Å². The highest BCUT2D eigenvalue weighted by molar-refractivity contribution is 6.32. The zero-order chi connectivity index (χ0) is 18.7. The number of rotatable bonds is 5. The summed E-state index contributed by atoms with van der Waals surface area (Å²) in [4.78, 5) is 27.0. The van der Waals surface area contributed by atoms with Crippen LogP contribution in [0.2, 0.25) is 5.02 Å². The first-order valence-electron chi connectivity index (χ1n) is 7.91. The molecule has 0 saturated heterocycles. The highest BCUT2D eigenvalue weighted by atomic mass is 35.5. The van der Waals surface area contributed by atoms with Crippen molar-refractivity contribution in [2.45, 2.75) is 6.42 Å². The quantitative estimate of drug-likeness (QED) is 0.719. The summed E-state index contributed by atoms with van der Waals surface area (Å²) in [7, 11) is 1.52. The summed E-state index contributed by atoms with van der Waals surface area (Å²) in [6.07, 6.45) is 0.350. The summed E-state index contributed by atoms with van der Waals surface area (Å²) in [5, 5.41) is 3.91. The van der Waals surface area contributed by atoms with E-state index in [0.29, 0.717) is 33.8 Å². The second kappa shape index (κ2) is 7.58. The first-order chi connectivity index (χ1) is 12.5. The van der Waals surface area contributed by atoms with E-state index in [1.165, 1.54) is 31.4 Å². The first-order valence-corrected chi connectivity index (χ1v) is 8.29. The van der Waals surface area contributed by atoms with Crippen LogP contribution in [0.3, 0.4) is 0 Å². The van der Waals surface area contributed by atoms with Crippen LogP contribution in [0.25, 0.3) is 10.9 Å². The molecule has 0 fully saturated rings. The number of H-pyrrole nitrogens is 1. The number of nitrogens with one attached hydrogen (secondary N) is 2. The number of carbonyl (C=O) groups is 1. The number of ether oxygens (including phenoxy) is 1. The minimum Gasteiger partial charge on any atom is -0.495 e. The molecular weight excluding hydrogens is 359 g/mol. The van der Waals surface area contributed by atoms with Crippen molar-refractivity contribution in [1.29, 1.82) is 0 Å². The molecule has 2 aromatic carbocycles. The van der Waals surface area contributed by atoms with Crippen LogP contribution in [-0.2, 0) is 6.42 Å². The molecule has 26 heavy (non-hydrogen) atoms. The molecule has 3 rings (SSSR count). The molecular formula is C19H16ClFN2O3. The fraction of sp³-hybridized carbons (Fsp3) is 0.158. The van der Waals surface area contributed by atoms with Gasteiger partial charge in [0.05, 0.1) is 17.6 Å². The third-order valence-corrected chi connectivity index (χ3v) is 4.28. The van der Waals surface area contributed by atoms with Gasteiger partial charge >= 0.3 is 0 Å². The second-order valence-electron chi connectivity index (χ2n) is 5.71. The molecule has 1 aromatic heterocycles. The van der Waals surface area contributed by atoms with Gasteiger partial charge in [0.1, 0.15) is 11.6 Å². The van der Waals surface area contributed by atoms with Gasteiger partial charge in [0, 0.05) is 23.1 Å². The Morgan fingerprint density at radius 1 is 1.23 bits per heavy atom. The van der Waals surface area contributed by atoms with Crippen molar-refractivity contribution in [2.75, 3.05) is 13.7 Å². The molecule has 134 valence electrons. The van der Waals surface area contributed by atoms with Gasteiger partial charge in [-0.1, -0.05) is 11.6 Å². The van der Waals surface area contributed by atoms with E-state index in [2.05, 4.69) is 10.3 Å². The highest BCUT2D eigenvalue weighted by Gasteiger charge is 2.09. The minimum absolute atomic E-state index is 0.241. The number of benzene rings is 2. The Bertz CT molecular complexity index is 1020. The third-order valence-electron chi connectivity index (χ3n) is 3.98. The molecule has 0 aliphatic heterocycles. The van der Waals surface area contributed by atoms with E-state index in [4.69, 9.17) is 16.3 Å². The Kier molecular flexibility index (Phi) is 5.23. The van der Waals surface area contributed by atoms with Crippen LogP contribution in [0.1, 0.15) is 15.9 Å². The van der Waals surface area contributed by atoms with E-state index in [-0.39, 0.29) is 18.0 Å². The third kappa shape index (κ3) is 3.86. The van der Waals surface area contributed by atoms with E-state index < -0.39 is 5.82 Å². The number of aromatic amines is 1. The Hall–Kier alpha value is -2.86. The lowest BCUT2D eigenvalue weighted by Crippen LogP contribution is -2.27. The largest absolute Gasteiger partial charge is 0.495 e. The number of fused-ring (bicyclic) bond motifs is 1. The van der Waals surface area contributed by atoms with Gasteiger partial charge in [-0.25, -0.2) is 4.39 Å². The van der Waals surface area contributed by atoms with Crippen molar-refractivity contribution in [2.24, 2.45) is 0 Å².